The highest BCUT2D eigenvalue weighted by molar-refractivity contribution is 7.18. The number of rotatable bonds is 2. The third-order valence-electron chi connectivity index (χ3n) is 2.59. The van der Waals surface area contributed by atoms with E-state index in [0.29, 0.717) is 0 Å². The Morgan fingerprint density at radius 3 is 2.63 bits per heavy atom. The van der Waals surface area contributed by atoms with Crippen molar-refractivity contribution in [2.75, 3.05) is 5.73 Å². The minimum absolute atomic E-state index is 0.268. The molecule has 0 saturated carbocycles. The SMILES string of the molecule is Cc1nc(-c2ccccn2)sc1-c1ccnc(N)n1. The fraction of sp³-hybridized carbons (Fsp3) is 0.0769. The molecule has 19 heavy (non-hydrogen) atoms. The Morgan fingerprint density at radius 1 is 1.00 bits per heavy atom. The van der Waals surface area contributed by atoms with E-state index in [-0.39, 0.29) is 5.95 Å². The van der Waals surface area contributed by atoms with Gasteiger partial charge in [0.1, 0.15) is 5.01 Å². The van der Waals surface area contributed by atoms with Crippen molar-refractivity contribution in [3.63, 3.8) is 0 Å². The van der Waals surface area contributed by atoms with Crippen molar-refractivity contribution in [1.29, 1.82) is 0 Å². The van der Waals surface area contributed by atoms with Gasteiger partial charge in [-0.3, -0.25) is 4.98 Å². The van der Waals surface area contributed by atoms with Crippen molar-refractivity contribution in [3.8, 4) is 21.3 Å². The predicted octanol–water partition coefficient (Wildman–Crippen LogP) is 2.55. The van der Waals surface area contributed by atoms with Gasteiger partial charge in [-0.25, -0.2) is 15.0 Å². The number of aryl methyl sites for hydroxylation is 1. The first-order valence-corrected chi connectivity index (χ1v) is 6.53. The van der Waals surface area contributed by atoms with E-state index in [1.54, 1.807) is 23.7 Å². The fourth-order valence-corrected chi connectivity index (χ4v) is 2.75. The zero-order chi connectivity index (χ0) is 13.2. The summed E-state index contributed by atoms with van der Waals surface area (Å²) in [5.41, 5.74) is 8.19. The Bertz CT molecular complexity index is 708. The van der Waals surface area contributed by atoms with Crippen LogP contribution in [-0.2, 0) is 0 Å². The zero-order valence-electron chi connectivity index (χ0n) is 10.2. The summed E-state index contributed by atoms with van der Waals surface area (Å²) in [6.45, 7) is 1.95. The Hall–Kier alpha value is -2.34. The smallest absolute Gasteiger partial charge is 0.220 e. The summed E-state index contributed by atoms with van der Waals surface area (Å²) in [4.78, 5) is 18.0. The predicted molar refractivity (Wildman–Crippen MR) is 75.5 cm³/mol. The summed E-state index contributed by atoms with van der Waals surface area (Å²) in [5, 5.41) is 0.880. The van der Waals surface area contributed by atoms with E-state index in [1.165, 1.54) is 0 Å². The molecule has 3 rings (SSSR count). The molecule has 6 heteroatoms. The van der Waals surface area contributed by atoms with Crippen molar-refractivity contribution in [3.05, 3.63) is 42.4 Å². The maximum absolute atomic E-state index is 5.61. The lowest BCUT2D eigenvalue weighted by Crippen LogP contribution is -1.94. The lowest BCUT2D eigenvalue weighted by molar-refractivity contribution is 1.18. The number of nitrogens with two attached hydrogens (primary N) is 1. The first-order chi connectivity index (χ1) is 9.24. The van der Waals surface area contributed by atoms with Gasteiger partial charge in [-0.2, -0.15) is 0 Å². The summed E-state index contributed by atoms with van der Waals surface area (Å²) in [6.07, 6.45) is 3.41. The average Bonchev–Trinajstić information content (AvgIpc) is 2.82. The first-order valence-electron chi connectivity index (χ1n) is 5.72. The minimum Gasteiger partial charge on any atom is -0.368 e. The summed E-state index contributed by atoms with van der Waals surface area (Å²) < 4.78 is 0. The van der Waals surface area contributed by atoms with E-state index in [4.69, 9.17) is 5.73 Å². The van der Waals surface area contributed by atoms with Gasteiger partial charge in [0.2, 0.25) is 5.95 Å². The van der Waals surface area contributed by atoms with E-state index in [0.717, 1.165) is 27.0 Å². The fourth-order valence-electron chi connectivity index (χ4n) is 1.73. The number of pyridine rings is 1. The highest BCUT2D eigenvalue weighted by atomic mass is 32.1. The summed E-state index contributed by atoms with van der Waals surface area (Å²) in [5.74, 6) is 0.268. The second-order valence-electron chi connectivity index (χ2n) is 3.95. The monoisotopic (exact) mass is 269 g/mol. The van der Waals surface area contributed by atoms with E-state index < -0.39 is 0 Å². The average molecular weight is 269 g/mol. The van der Waals surface area contributed by atoms with E-state index in [9.17, 15) is 0 Å². The van der Waals surface area contributed by atoms with Gasteiger partial charge in [-0.1, -0.05) is 6.07 Å². The maximum atomic E-state index is 5.61. The van der Waals surface area contributed by atoms with Gasteiger partial charge < -0.3 is 5.73 Å². The molecule has 5 nitrogen and oxygen atoms in total. The molecule has 0 fully saturated rings. The van der Waals surface area contributed by atoms with Gasteiger partial charge in [0.15, 0.2) is 0 Å². The number of nitrogen functional groups attached to an aromatic ring is 1. The molecule has 0 aliphatic carbocycles. The normalized spacial score (nSPS) is 10.6. The molecule has 3 aromatic heterocycles. The van der Waals surface area contributed by atoms with Crippen LogP contribution >= 0.6 is 11.3 Å². The van der Waals surface area contributed by atoms with Crippen LogP contribution in [0.5, 0.6) is 0 Å². The quantitative estimate of drug-likeness (QED) is 0.773. The first kappa shape index (κ1) is 11.7. The summed E-state index contributed by atoms with van der Waals surface area (Å²) in [7, 11) is 0. The number of hydrogen-bond acceptors (Lipinski definition) is 6. The maximum Gasteiger partial charge on any atom is 0.220 e. The van der Waals surface area contributed by atoms with Gasteiger partial charge >= 0.3 is 0 Å². The molecule has 0 aliphatic heterocycles. The third-order valence-corrected chi connectivity index (χ3v) is 3.79. The second-order valence-corrected chi connectivity index (χ2v) is 4.95. The molecule has 0 saturated heterocycles. The second kappa shape index (κ2) is 4.74. The van der Waals surface area contributed by atoms with Crippen LogP contribution in [-0.4, -0.2) is 19.9 Å². The Morgan fingerprint density at radius 2 is 1.89 bits per heavy atom. The van der Waals surface area contributed by atoms with Gasteiger partial charge in [-0.05, 0) is 25.1 Å². The Kier molecular flexibility index (Phi) is 2.92. The van der Waals surface area contributed by atoms with Crippen molar-refractivity contribution in [2.24, 2.45) is 0 Å². The molecule has 0 radical (unpaired) electrons. The van der Waals surface area contributed by atoms with Crippen LogP contribution in [0.4, 0.5) is 5.95 Å². The molecule has 0 aromatic carbocycles. The van der Waals surface area contributed by atoms with Crippen LogP contribution < -0.4 is 5.73 Å². The molecular weight excluding hydrogens is 258 g/mol. The molecule has 0 atom stereocenters. The standard InChI is InChI=1S/C13H11N5S/c1-8-11(9-5-7-16-13(14)18-9)19-12(17-8)10-4-2-3-6-15-10/h2-7H,1H3,(H2,14,16,18). The van der Waals surface area contributed by atoms with E-state index >= 15 is 0 Å². The Balaban J connectivity index is 2.08. The molecule has 0 unspecified atom stereocenters. The van der Waals surface area contributed by atoms with E-state index in [1.807, 2.05) is 31.2 Å². The van der Waals surface area contributed by atoms with Gasteiger partial charge in [-0.15, -0.1) is 11.3 Å². The van der Waals surface area contributed by atoms with Crippen LogP contribution in [0.15, 0.2) is 36.7 Å². The Labute approximate surface area is 114 Å². The minimum atomic E-state index is 0.268. The zero-order valence-corrected chi connectivity index (χ0v) is 11.1. The molecule has 2 N–H and O–H groups in total. The van der Waals surface area contributed by atoms with Crippen molar-refractivity contribution < 1.29 is 0 Å². The highest BCUT2D eigenvalue weighted by Gasteiger charge is 2.13. The molecule has 0 aliphatic rings. The van der Waals surface area contributed by atoms with Gasteiger partial charge in [0.25, 0.3) is 0 Å². The number of hydrogen-bond donors (Lipinski definition) is 1. The summed E-state index contributed by atoms with van der Waals surface area (Å²) in [6, 6.07) is 7.60. The molecule has 0 bridgehead atoms. The molecule has 94 valence electrons. The van der Waals surface area contributed by atoms with Crippen LogP contribution in [0.2, 0.25) is 0 Å². The largest absolute Gasteiger partial charge is 0.368 e. The lowest BCUT2D eigenvalue weighted by atomic mass is 10.3. The molecule has 3 aromatic rings. The van der Waals surface area contributed by atoms with Crippen LogP contribution in [0.3, 0.4) is 0 Å². The topological polar surface area (TPSA) is 77.6 Å². The van der Waals surface area contributed by atoms with Crippen LogP contribution in [0.1, 0.15) is 5.69 Å². The van der Waals surface area contributed by atoms with Crippen molar-refractivity contribution in [1.82, 2.24) is 19.9 Å². The molecular formula is C13H11N5S. The van der Waals surface area contributed by atoms with Crippen LogP contribution in [0.25, 0.3) is 21.3 Å². The molecule has 0 amide bonds. The number of nitrogens with zero attached hydrogens (tertiary/aromatic N) is 4. The van der Waals surface area contributed by atoms with Crippen molar-refractivity contribution in [2.45, 2.75) is 6.92 Å². The van der Waals surface area contributed by atoms with E-state index in [2.05, 4.69) is 19.9 Å². The summed E-state index contributed by atoms with van der Waals surface area (Å²) >= 11 is 1.55. The lowest BCUT2D eigenvalue weighted by Gasteiger charge is -1.97. The number of thiazole rings is 1. The van der Waals surface area contributed by atoms with Crippen LogP contribution in [0, 0.1) is 6.92 Å². The molecule has 0 spiro atoms. The molecule has 3 heterocycles. The van der Waals surface area contributed by atoms with Gasteiger partial charge in [0.05, 0.1) is 22.0 Å². The van der Waals surface area contributed by atoms with Gasteiger partial charge in [0, 0.05) is 12.4 Å². The number of anilines is 1. The third kappa shape index (κ3) is 2.30. The highest BCUT2D eigenvalue weighted by Crippen LogP contribution is 2.33. The van der Waals surface area contributed by atoms with Crippen molar-refractivity contribution >= 4 is 17.3 Å². The number of aromatic nitrogens is 4.